The molecule has 2 N–H and O–H groups in total. The maximum absolute atomic E-state index is 11.2. The number of benzene rings is 2. The zero-order valence-corrected chi connectivity index (χ0v) is 18.5. The summed E-state index contributed by atoms with van der Waals surface area (Å²) in [6.45, 7) is 2.73. The maximum Gasteiger partial charge on any atom is 0.335 e. The van der Waals surface area contributed by atoms with Gasteiger partial charge in [0, 0.05) is 35.8 Å². The number of morpholine rings is 1. The highest BCUT2D eigenvalue weighted by Crippen LogP contribution is 2.37. The summed E-state index contributed by atoms with van der Waals surface area (Å²) in [6.07, 6.45) is 4.30. The second-order valence-corrected chi connectivity index (χ2v) is 8.64. The van der Waals surface area contributed by atoms with Crippen LogP contribution < -0.4 is 10.2 Å². The Bertz CT molecular complexity index is 1360. The zero-order chi connectivity index (χ0) is 23.1. The highest BCUT2D eigenvalue weighted by atomic mass is 16.5. The zero-order valence-electron chi connectivity index (χ0n) is 18.5. The molecule has 3 heterocycles. The highest BCUT2D eigenvalue weighted by Gasteiger charge is 2.26. The second-order valence-electron chi connectivity index (χ2n) is 8.64. The van der Waals surface area contributed by atoms with Crippen LogP contribution in [0.15, 0.2) is 54.7 Å². The van der Waals surface area contributed by atoms with E-state index in [0.29, 0.717) is 31.0 Å². The number of ether oxygens (including phenoxy) is 1. The van der Waals surface area contributed by atoms with E-state index in [-0.39, 0.29) is 5.56 Å². The molecule has 2 aromatic carbocycles. The monoisotopic (exact) mass is 456 g/mol. The first-order valence-electron chi connectivity index (χ1n) is 11.4. The molecule has 2 aliphatic rings. The molecular weight excluding hydrogens is 432 g/mol. The van der Waals surface area contributed by atoms with Gasteiger partial charge in [-0.05, 0) is 49.2 Å². The number of hydrogen-bond donors (Lipinski definition) is 2. The van der Waals surface area contributed by atoms with Crippen LogP contribution in [0.1, 0.15) is 29.2 Å². The molecule has 0 unspecified atom stereocenters. The van der Waals surface area contributed by atoms with Crippen LogP contribution in [-0.2, 0) is 4.74 Å². The van der Waals surface area contributed by atoms with Crippen molar-refractivity contribution in [2.45, 2.75) is 18.9 Å². The first-order chi connectivity index (χ1) is 16.6. The Morgan fingerprint density at radius 3 is 2.56 bits per heavy atom. The van der Waals surface area contributed by atoms with E-state index in [0.717, 1.165) is 40.9 Å². The molecule has 0 spiro atoms. The number of hydrogen-bond acceptors (Lipinski definition) is 7. The van der Waals surface area contributed by atoms with Gasteiger partial charge < -0.3 is 20.1 Å². The minimum Gasteiger partial charge on any atom is -0.478 e. The lowest BCUT2D eigenvalue weighted by Crippen LogP contribution is -2.37. The van der Waals surface area contributed by atoms with Gasteiger partial charge >= 0.3 is 5.97 Å². The standard InChI is InChI=1S/C25H24N6O3/c32-24(33)16-1-4-19(5-2-16)27-23-14-21(28-25(29-23)30-9-11-34-12-10-30)17-3-8-22-18(13-17)15-26-31(22)20-6-7-20/h1-5,8,13-15,20H,6-7,9-12H2,(H,32,33)(H,27,28,29). The van der Waals surface area contributed by atoms with Crippen molar-refractivity contribution in [1.82, 2.24) is 19.7 Å². The molecule has 172 valence electrons. The fraction of sp³-hybridized carbons (Fsp3) is 0.280. The van der Waals surface area contributed by atoms with Gasteiger partial charge in [0.05, 0.1) is 42.2 Å². The first kappa shape index (κ1) is 20.6. The van der Waals surface area contributed by atoms with Crippen molar-refractivity contribution < 1.29 is 14.6 Å². The van der Waals surface area contributed by atoms with Gasteiger partial charge in [-0.2, -0.15) is 10.1 Å². The number of carboxylic acid groups (broad SMARTS) is 1. The van der Waals surface area contributed by atoms with E-state index in [1.807, 2.05) is 12.3 Å². The molecule has 1 aliphatic heterocycles. The van der Waals surface area contributed by atoms with Crippen molar-refractivity contribution in [3.8, 4) is 11.3 Å². The molecule has 1 aliphatic carbocycles. The van der Waals surface area contributed by atoms with Crippen molar-refractivity contribution in [3.63, 3.8) is 0 Å². The number of anilines is 3. The predicted octanol–water partition coefficient (Wildman–Crippen LogP) is 4.11. The highest BCUT2D eigenvalue weighted by molar-refractivity contribution is 5.88. The third-order valence-corrected chi connectivity index (χ3v) is 6.20. The van der Waals surface area contributed by atoms with Gasteiger partial charge in [0.2, 0.25) is 5.95 Å². The van der Waals surface area contributed by atoms with E-state index in [1.165, 1.54) is 12.8 Å². The molecule has 0 radical (unpaired) electrons. The van der Waals surface area contributed by atoms with Gasteiger partial charge in [0.1, 0.15) is 5.82 Å². The van der Waals surface area contributed by atoms with E-state index < -0.39 is 5.97 Å². The van der Waals surface area contributed by atoms with E-state index >= 15 is 0 Å². The minimum atomic E-state index is -0.953. The summed E-state index contributed by atoms with van der Waals surface area (Å²) in [7, 11) is 0. The maximum atomic E-state index is 11.2. The Morgan fingerprint density at radius 1 is 1.03 bits per heavy atom. The molecule has 0 bridgehead atoms. The van der Waals surface area contributed by atoms with Crippen LogP contribution in [0.5, 0.6) is 0 Å². The normalized spacial score (nSPS) is 16.1. The molecule has 34 heavy (non-hydrogen) atoms. The summed E-state index contributed by atoms with van der Waals surface area (Å²) in [5.74, 6) is 0.327. The van der Waals surface area contributed by atoms with Gasteiger partial charge in [-0.3, -0.25) is 4.68 Å². The Labute approximate surface area is 196 Å². The van der Waals surface area contributed by atoms with Crippen LogP contribution in [0.2, 0.25) is 0 Å². The number of nitrogens with zero attached hydrogens (tertiary/aromatic N) is 5. The van der Waals surface area contributed by atoms with E-state index in [4.69, 9.17) is 19.8 Å². The molecule has 4 aromatic rings. The molecule has 9 heteroatoms. The van der Waals surface area contributed by atoms with Crippen LogP contribution in [0.3, 0.4) is 0 Å². The van der Waals surface area contributed by atoms with Crippen LogP contribution >= 0.6 is 0 Å². The van der Waals surface area contributed by atoms with E-state index in [2.05, 4.69) is 38.2 Å². The Balaban J connectivity index is 1.37. The largest absolute Gasteiger partial charge is 0.478 e. The molecule has 2 aromatic heterocycles. The van der Waals surface area contributed by atoms with Gasteiger partial charge in [-0.15, -0.1) is 0 Å². The lowest BCUT2D eigenvalue weighted by Gasteiger charge is -2.27. The predicted molar refractivity (Wildman–Crippen MR) is 129 cm³/mol. The first-order valence-corrected chi connectivity index (χ1v) is 11.4. The van der Waals surface area contributed by atoms with Crippen molar-refractivity contribution in [2.24, 2.45) is 0 Å². The average molecular weight is 457 g/mol. The molecule has 9 nitrogen and oxygen atoms in total. The number of carbonyl (C=O) groups is 1. The second kappa shape index (κ2) is 8.42. The van der Waals surface area contributed by atoms with E-state index in [9.17, 15) is 4.79 Å². The summed E-state index contributed by atoms with van der Waals surface area (Å²) in [4.78, 5) is 22.9. The third kappa shape index (κ3) is 4.06. The van der Waals surface area contributed by atoms with Crippen LogP contribution in [-0.4, -0.2) is 57.1 Å². The van der Waals surface area contributed by atoms with Crippen LogP contribution in [0.25, 0.3) is 22.2 Å². The average Bonchev–Trinajstić information content (AvgIpc) is 3.63. The number of rotatable bonds is 6. The fourth-order valence-electron chi connectivity index (χ4n) is 4.22. The molecule has 0 amide bonds. The Morgan fingerprint density at radius 2 is 1.82 bits per heavy atom. The van der Waals surface area contributed by atoms with Gasteiger partial charge in [-0.25, -0.2) is 9.78 Å². The molecule has 6 rings (SSSR count). The van der Waals surface area contributed by atoms with Gasteiger partial charge in [-0.1, -0.05) is 6.07 Å². The SMILES string of the molecule is O=C(O)c1ccc(Nc2cc(-c3ccc4c(cnn4C4CC4)c3)nc(N3CCOCC3)n2)cc1. The topological polar surface area (TPSA) is 105 Å². The van der Waals surface area contributed by atoms with Crippen molar-refractivity contribution in [2.75, 3.05) is 36.5 Å². The fourth-order valence-corrected chi connectivity index (χ4v) is 4.22. The summed E-state index contributed by atoms with van der Waals surface area (Å²) in [6, 6.07) is 15.4. The third-order valence-electron chi connectivity index (χ3n) is 6.20. The van der Waals surface area contributed by atoms with Gasteiger partial charge in [0.25, 0.3) is 0 Å². The number of fused-ring (bicyclic) bond motifs is 1. The Hall–Kier alpha value is -3.98. The van der Waals surface area contributed by atoms with Crippen LogP contribution in [0, 0.1) is 0 Å². The van der Waals surface area contributed by atoms with Crippen molar-refractivity contribution in [3.05, 3.63) is 60.3 Å². The number of nitrogens with one attached hydrogen (secondary N) is 1. The minimum absolute atomic E-state index is 0.239. The lowest BCUT2D eigenvalue weighted by atomic mass is 10.1. The number of aromatic carboxylic acids is 1. The number of aromatic nitrogens is 4. The molecule has 2 fully saturated rings. The molecular formula is C25H24N6O3. The Kier molecular flexibility index (Phi) is 5.10. The summed E-state index contributed by atoms with van der Waals surface area (Å²) >= 11 is 0. The van der Waals surface area contributed by atoms with Crippen molar-refractivity contribution >= 4 is 34.3 Å². The molecule has 1 saturated heterocycles. The lowest BCUT2D eigenvalue weighted by molar-refractivity contribution is 0.0697. The van der Waals surface area contributed by atoms with Crippen molar-refractivity contribution in [1.29, 1.82) is 0 Å². The quantitative estimate of drug-likeness (QED) is 0.447. The summed E-state index contributed by atoms with van der Waals surface area (Å²) < 4.78 is 7.61. The molecule has 1 saturated carbocycles. The number of carboxylic acids is 1. The molecule has 0 atom stereocenters. The van der Waals surface area contributed by atoms with Gasteiger partial charge in [0.15, 0.2) is 0 Å². The van der Waals surface area contributed by atoms with E-state index in [1.54, 1.807) is 24.3 Å². The van der Waals surface area contributed by atoms with Crippen LogP contribution in [0.4, 0.5) is 17.5 Å². The summed E-state index contributed by atoms with van der Waals surface area (Å²) in [5.41, 5.74) is 3.93. The summed E-state index contributed by atoms with van der Waals surface area (Å²) in [5, 5.41) is 18.1. The smallest absolute Gasteiger partial charge is 0.335 e.